The fourth-order valence-corrected chi connectivity index (χ4v) is 2.70. The van der Waals surface area contributed by atoms with Crippen molar-refractivity contribution in [2.45, 2.75) is 47.1 Å². The van der Waals surface area contributed by atoms with E-state index < -0.39 is 0 Å². The Balaban J connectivity index is 0.00000361. The number of unbranched alkanes of at least 4 members (excludes halogenated alkanes) is 1. The first-order valence-corrected chi connectivity index (χ1v) is 7.82. The highest BCUT2D eigenvalue weighted by atomic mass is 127. The van der Waals surface area contributed by atoms with E-state index in [0.29, 0.717) is 0 Å². The number of aryl methyl sites for hydroxylation is 2. The predicted molar refractivity (Wildman–Crippen MR) is 99.4 cm³/mol. The van der Waals surface area contributed by atoms with E-state index >= 15 is 0 Å². The quantitative estimate of drug-likeness (QED) is 0.443. The zero-order valence-corrected chi connectivity index (χ0v) is 16.3. The molecule has 0 radical (unpaired) electrons. The lowest BCUT2D eigenvalue weighted by atomic mass is 10.3. The fourth-order valence-electron chi connectivity index (χ4n) is 1.84. The molecule has 0 atom stereocenters. The molecule has 116 valence electrons. The Morgan fingerprint density at radius 3 is 2.55 bits per heavy atom. The van der Waals surface area contributed by atoms with Gasteiger partial charge in [-0.3, -0.25) is 0 Å². The van der Waals surface area contributed by atoms with Crippen LogP contribution in [0.5, 0.6) is 0 Å². The monoisotopic (exact) mass is 410 g/mol. The summed E-state index contributed by atoms with van der Waals surface area (Å²) in [5.41, 5.74) is 1.11. The van der Waals surface area contributed by atoms with E-state index in [1.54, 1.807) is 11.3 Å². The number of aliphatic imine (C=N–C) groups is 1. The molecular weight excluding hydrogens is 383 g/mol. The summed E-state index contributed by atoms with van der Waals surface area (Å²) >= 11 is 1.74. The summed E-state index contributed by atoms with van der Waals surface area (Å²) in [4.78, 5) is 12.6. The van der Waals surface area contributed by atoms with Crippen molar-refractivity contribution in [1.29, 1.82) is 0 Å². The first-order valence-electron chi connectivity index (χ1n) is 7.00. The summed E-state index contributed by atoms with van der Waals surface area (Å²) in [7, 11) is 2.10. The van der Waals surface area contributed by atoms with Crippen molar-refractivity contribution in [1.82, 2.24) is 15.2 Å². The molecule has 0 aromatic carbocycles. The van der Waals surface area contributed by atoms with Crippen LogP contribution in [0.3, 0.4) is 0 Å². The summed E-state index contributed by atoms with van der Waals surface area (Å²) in [6.07, 6.45) is 2.40. The van der Waals surface area contributed by atoms with Crippen LogP contribution in [-0.4, -0.2) is 36.0 Å². The highest BCUT2D eigenvalue weighted by molar-refractivity contribution is 14.0. The van der Waals surface area contributed by atoms with Crippen LogP contribution < -0.4 is 5.32 Å². The molecule has 1 rings (SSSR count). The van der Waals surface area contributed by atoms with Crippen LogP contribution in [0.15, 0.2) is 4.99 Å². The van der Waals surface area contributed by atoms with E-state index in [-0.39, 0.29) is 24.0 Å². The van der Waals surface area contributed by atoms with Gasteiger partial charge in [0.25, 0.3) is 0 Å². The standard InChI is InChI=1S/C14H26N4S.HI/c1-6-8-9-18(5)14(15-7-2)16-10-13-11(3)17-12(4)19-13;/h6-10H2,1-5H3,(H,15,16);1H. The summed E-state index contributed by atoms with van der Waals surface area (Å²) in [5, 5.41) is 4.47. The Kier molecular flexibility index (Phi) is 10.2. The number of guanidine groups is 1. The molecule has 6 heteroatoms. The minimum Gasteiger partial charge on any atom is -0.357 e. The second-order valence-corrected chi connectivity index (χ2v) is 5.97. The average Bonchev–Trinajstić information content (AvgIpc) is 2.70. The van der Waals surface area contributed by atoms with Gasteiger partial charge in [0.2, 0.25) is 0 Å². The van der Waals surface area contributed by atoms with Crippen LogP contribution in [0.1, 0.15) is 42.3 Å². The van der Waals surface area contributed by atoms with Gasteiger partial charge in [-0.2, -0.15) is 0 Å². The molecule has 0 aliphatic heterocycles. The maximum atomic E-state index is 4.71. The number of nitrogens with zero attached hydrogens (tertiary/aromatic N) is 3. The first kappa shape index (κ1) is 19.6. The zero-order valence-electron chi connectivity index (χ0n) is 13.2. The van der Waals surface area contributed by atoms with E-state index in [0.717, 1.165) is 36.3 Å². The van der Waals surface area contributed by atoms with Gasteiger partial charge in [0.1, 0.15) is 0 Å². The normalized spacial score (nSPS) is 11.2. The predicted octanol–water partition coefficient (Wildman–Crippen LogP) is 3.58. The second-order valence-electron chi connectivity index (χ2n) is 4.69. The van der Waals surface area contributed by atoms with Crippen LogP contribution in [0, 0.1) is 13.8 Å². The largest absolute Gasteiger partial charge is 0.357 e. The zero-order chi connectivity index (χ0) is 14.3. The Morgan fingerprint density at radius 1 is 1.35 bits per heavy atom. The van der Waals surface area contributed by atoms with Gasteiger partial charge in [0, 0.05) is 25.0 Å². The highest BCUT2D eigenvalue weighted by Gasteiger charge is 2.07. The summed E-state index contributed by atoms with van der Waals surface area (Å²) in [6.45, 7) is 11.1. The van der Waals surface area contributed by atoms with Gasteiger partial charge in [0.05, 0.1) is 17.2 Å². The van der Waals surface area contributed by atoms with E-state index in [4.69, 9.17) is 4.99 Å². The molecule has 0 unspecified atom stereocenters. The van der Waals surface area contributed by atoms with Gasteiger partial charge in [-0.15, -0.1) is 35.3 Å². The fraction of sp³-hybridized carbons (Fsp3) is 0.714. The van der Waals surface area contributed by atoms with Crippen LogP contribution in [-0.2, 0) is 6.54 Å². The molecule has 0 saturated heterocycles. The van der Waals surface area contributed by atoms with Crippen LogP contribution in [0.2, 0.25) is 0 Å². The first-order chi connectivity index (χ1) is 9.08. The molecule has 0 aliphatic carbocycles. The molecule has 1 aromatic rings. The second kappa shape index (κ2) is 10.4. The van der Waals surface area contributed by atoms with E-state index in [9.17, 15) is 0 Å². The van der Waals surface area contributed by atoms with Gasteiger partial charge < -0.3 is 10.2 Å². The van der Waals surface area contributed by atoms with Crippen LogP contribution in [0.25, 0.3) is 0 Å². The molecule has 0 bridgehead atoms. The third-order valence-electron chi connectivity index (χ3n) is 2.92. The van der Waals surface area contributed by atoms with Gasteiger partial charge in [-0.05, 0) is 27.2 Å². The molecule has 0 spiro atoms. The molecule has 1 aromatic heterocycles. The van der Waals surface area contributed by atoms with Crippen molar-refractivity contribution in [3.8, 4) is 0 Å². The molecule has 1 N–H and O–H groups in total. The molecular formula is C14H27IN4S. The van der Waals surface area contributed by atoms with Crippen molar-refractivity contribution in [2.75, 3.05) is 20.1 Å². The highest BCUT2D eigenvalue weighted by Crippen LogP contribution is 2.17. The number of thiazole rings is 1. The van der Waals surface area contributed by atoms with Crippen LogP contribution in [0.4, 0.5) is 0 Å². The number of aromatic nitrogens is 1. The van der Waals surface area contributed by atoms with E-state index in [2.05, 4.69) is 43.0 Å². The number of rotatable bonds is 6. The number of hydrogen-bond acceptors (Lipinski definition) is 3. The molecule has 0 aliphatic rings. The van der Waals surface area contributed by atoms with Crippen molar-refractivity contribution in [3.63, 3.8) is 0 Å². The van der Waals surface area contributed by atoms with Gasteiger partial charge in [-0.1, -0.05) is 13.3 Å². The van der Waals surface area contributed by atoms with Gasteiger partial charge in [-0.25, -0.2) is 9.98 Å². The molecule has 0 saturated carbocycles. The maximum absolute atomic E-state index is 4.71. The third-order valence-corrected chi connectivity index (χ3v) is 3.97. The minimum atomic E-state index is 0. The molecule has 1 heterocycles. The maximum Gasteiger partial charge on any atom is 0.194 e. The van der Waals surface area contributed by atoms with Crippen molar-refractivity contribution < 1.29 is 0 Å². The smallest absolute Gasteiger partial charge is 0.194 e. The summed E-state index contributed by atoms with van der Waals surface area (Å²) < 4.78 is 0. The molecule has 20 heavy (non-hydrogen) atoms. The SMILES string of the molecule is CCCCN(C)C(=NCc1sc(C)nc1C)NCC.I. The lowest BCUT2D eigenvalue weighted by Gasteiger charge is -2.21. The lowest BCUT2D eigenvalue weighted by Crippen LogP contribution is -2.39. The molecule has 4 nitrogen and oxygen atoms in total. The van der Waals surface area contributed by atoms with Crippen LogP contribution >= 0.6 is 35.3 Å². The lowest BCUT2D eigenvalue weighted by molar-refractivity contribution is 0.465. The summed E-state index contributed by atoms with van der Waals surface area (Å²) in [5.74, 6) is 0.987. The minimum absolute atomic E-state index is 0. The Bertz CT molecular complexity index is 417. The number of hydrogen-bond donors (Lipinski definition) is 1. The van der Waals surface area contributed by atoms with Gasteiger partial charge >= 0.3 is 0 Å². The topological polar surface area (TPSA) is 40.5 Å². The van der Waals surface area contributed by atoms with Crippen molar-refractivity contribution in [3.05, 3.63) is 15.6 Å². The molecule has 0 fully saturated rings. The van der Waals surface area contributed by atoms with E-state index in [1.807, 2.05) is 6.92 Å². The number of nitrogens with one attached hydrogen (secondary N) is 1. The average molecular weight is 410 g/mol. The summed E-state index contributed by atoms with van der Waals surface area (Å²) in [6, 6.07) is 0. The van der Waals surface area contributed by atoms with E-state index in [1.165, 1.54) is 17.7 Å². The van der Waals surface area contributed by atoms with Gasteiger partial charge in [0.15, 0.2) is 5.96 Å². The Labute approximate surface area is 144 Å². The van der Waals surface area contributed by atoms with Crippen molar-refractivity contribution in [2.24, 2.45) is 4.99 Å². The molecule has 0 amide bonds. The van der Waals surface area contributed by atoms with Crippen molar-refractivity contribution >= 4 is 41.3 Å². The Morgan fingerprint density at radius 2 is 2.05 bits per heavy atom. The third kappa shape index (κ3) is 6.39. The number of halogens is 1. The Hall–Kier alpha value is -0.370.